The van der Waals surface area contributed by atoms with E-state index in [0.717, 1.165) is 16.7 Å². The minimum Gasteiger partial charge on any atom is -0.465 e. The molecule has 3 heterocycles. The van der Waals surface area contributed by atoms with Crippen LogP contribution in [0.3, 0.4) is 0 Å². The molecule has 8 heteroatoms. The highest BCUT2D eigenvalue weighted by atomic mass is 32.1. The van der Waals surface area contributed by atoms with Gasteiger partial charge in [0.25, 0.3) is 0 Å². The molecule has 154 valence electrons. The van der Waals surface area contributed by atoms with Crippen LogP contribution in [-0.2, 0) is 4.74 Å². The Morgan fingerprint density at radius 1 is 1.06 bits per heavy atom. The Balaban J connectivity index is 1.58. The molecule has 31 heavy (non-hydrogen) atoms. The highest BCUT2D eigenvalue weighted by Gasteiger charge is 2.33. The van der Waals surface area contributed by atoms with E-state index < -0.39 is 5.97 Å². The molecule has 0 bridgehead atoms. The summed E-state index contributed by atoms with van der Waals surface area (Å²) in [4.78, 5) is 32.2. The SMILES string of the molecule is COC(=O)c1sc2nccc3c2c1NC(=O)N3c1ccc(Oc2ccccc2)cc1C. The van der Waals surface area contributed by atoms with E-state index >= 15 is 0 Å². The number of carbonyl (C=O) groups is 2. The van der Waals surface area contributed by atoms with Gasteiger partial charge in [-0.2, -0.15) is 0 Å². The van der Waals surface area contributed by atoms with Crippen LogP contribution in [0.25, 0.3) is 10.2 Å². The number of benzene rings is 2. The van der Waals surface area contributed by atoms with Crippen LogP contribution >= 0.6 is 11.3 Å². The van der Waals surface area contributed by atoms with Gasteiger partial charge in [-0.1, -0.05) is 18.2 Å². The molecule has 5 rings (SSSR count). The first-order valence-corrected chi connectivity index (χ1v) is 10.3. The van der Waals surface area contributed by atoms with Crippen LogP contribution in [0.5, 0.6) is 11.5 Å². The summed E-state index contributed by atoms with van der Waals surface area (Å²) in [6.07, 6.45) is 1.63. The van der Waals surface area contributed by atoms with Crippen LogP contribution in [0.15, 0.2) is 60.8 Å². The number of nitrogens with zero attached hydrogens (tertiary/aromatic N) is 2. The molecule has 1 aliphatic rings. The maximum Gasteiger partial charge on any atom is 0.350 e. The highest BCUT2D eigenvalue weighted by Crippen LogP contribution is 2.46. The second kappa shape index (κ2) is 7.41. The number of thiophene rings is 1. The van der Waals surface area contributed by atoms with Gasteiger partial charge in [0.2, 0.25) is 0 Å². The van der Waals surface area contributed by atoms with Gasteiger partial charge in [0.1, 0.15) is 21.2 Å². The largest absolute Gasteiger partial charge is 0.465 e. The molecule has 2 amide bonds. The summed E-state index contributed by atoms with van der Waals surface area (Å²) in [5.74, 6) is 0.907. The average Bonchev–Trinajstić information content (AvgIpc) is 3.14. The number of pyridine rings is 1. The lowest BCUT2D eigenvalue weighted by atomic mass is 10.1. The van der Waals surface area contributed by atoms with E-state index in [9.17, 15) is 9.59 Å². The van der Waals surface area contributed by atoms with Crippen molar-refractivity contribution in [2.75, 3.05) is 17.3 Å². The highest BCUT2D eigenvalue weighted by molar-refractivity contribution is 7.21. The van der Waals surface area contributed by atoms with E-state index in [1.54, 1.807) is 17.2 Å². The molecule has 7 nitrogen and oxygen atoms in total. The minimum atomic E-state index is -0.503. The van der Waals surface area contributed by atoms with Crippen LogP contribution in [0.2, 0.25) is 0 Å². The van der Waals surface area contributed by atoms with E-state index in [-0.39, 0.29) is 6.03 Å². The van der Waals surface area contributed by atoms with Gasteiger partial charge >= 0.3 is 12.0 Å². The number of anilines is 3. The van der Waals surface area contributed by atoms with Crippen LogP contribution in [0.4, 0.5) is 21.9 Å². The number of hydrogen-bond acceptors (Lipinski definition) is 6. The number of para-hydroxylation sites is 1. The number of ether oxygens (including phenoxy) is 2. The summed E-state index contributed by atoms with van der Waals surface area (Å²) < 4.78 is 10.8. The Morgan fingerprint density at radius 3 is 2.61 bits per heavy atom. The Labute approximate surface area is 181 Å². The second-order valence-electron chi connectivity index (χ2n) is 6.94. The molecule has 0 aliphatic carbocycles. The zero-order valence-electron chi connectivity index (χ0n) is 16.7. The fourth-order valence-electron chi connectivity index (χ4n) is 3.63. The van der Waals surface area contributed by atoms with Crippen molar-refractivity contribution in [2.45, 2.75) is 6.92 Å². The van der Waals surface area contributed by atoms with Crippen molar-refractivity contribution in [1.29, 1.82) is 0 Å². The van der Waals surface area contributed by atoms with E-state index in [0.29, 0.717) is 32.5 Å². The topological polar surface area (TPSA) is 80.8 Å². The lowest BCUT2D eigenvalue weighted by molar-refractivity contribution is 0.0607. The van der Waals surface area contributed by atoms with Crippen LogP contribution in [0.1, 0.15) is 15.2 Å². The van der Waals surface area contributed by atoms with Crippen molar-refractivity contribution >= 4 is 50.6 Å². The third-order valence-electron chi connectivity index (χ3n) is 5.00. The molecule has 2 aromatic carbocycles. The average molecular weight is 431 g/mol. The van der Waals surface area contributed by atoms with E-state index in [1.165, 1.54) is 18.4 Å². The number of rotatable bonds is 4. The molecule has 4 aromatic rings. The predicted molar refractivity (Wildman–Crippen MR) is 120 cm³/mol. The van der Waals surface area contributed by atoms with Crippen molar-refractivity contribution in [1.82, 2.24) is 4.98 Å². The summed E-state index contributed by atoms with van der Waals surface area (Å²) in [6.45, 7) is 1.92. The fraction of sp³-hybridized carbons (Fsp3) is 0.0870. The first-order chi connectivity index (χ1) is 15.1. The van der Waals surface area contributed by atoms with Gasteiger partial charge in [0.05, 0.1) is 29.6 Å². The van der Waals surface area contributed by atoms with Crippen molar-refractivity contribution < 1.29 is 19.1 Å². The summed E-state index contributed by atoms with van der Waals surface area (Å²) in [6, 6.07) is 16.5. The van der Waals surface area contributed by atoms with Gasteiger partial charge in [-0.25, -0.2) is 14.6 Å². The number of aromatic nitrogens is 1. The standard InChI is InChI=1S/C23H17N3O4S/c1-13-12-15(30-14-6-4-3-5-7-14)8-9-16(13)26-17-10-11-24-21-18(17)19(25-23(26)28)20(31-21)22(27)29-2/h3-12H,1-2H3,(H,25,28). The Hall–Kier alpha value is -3.91. The summed E-state index contributed by atoms with van der Waals surface area (Å²) in [5.41, 5.74) is 2.68. The number of amides is 2. The van der Waals surface area contributed by atoms with Gasteiger partial charge in [0, 0.05) is 6.20 Å². The monoisotopic (exact) mass is 431 g/mol. The fourth-order valence-corrected chi connectivity index (χ4v) is 4.66. The van der Waals surface area contributed by atoms with Gasteiger partial charge < -0.3 is 14.8 Å². The number of nitrogens with one attached hydrogen (secondary N) is 1. The Kier molecular flexibility index (Phi) is 4.56. The van der Waals surface area contributed by atoms with Crippen molar-refractivity contribution in [3.63, 3.8) is 0 Å². The van der Waals surface area contributed by atoms with E-state index in [2.05, 4.69) is 10.3 Å². The number of carbonyl (C=O) groups excluding carboxylic acids is 2. The number of urea groups is 1. The molecular formula is C23H17N3O4S. The number of hydrogen-bond donors (Lipinski definition) is 1. The molecule has 1 aliphatic heterocycles. The lowest BCUT2D eigenvalue weighted by Crippen LogP contribution is -2.34. The maximum atomic E-state index is 13.1. The zero-order chi connectivity index (χ0) is 21.5. The Morgan fingerprint density at radius 2 is 1.87 bits per heavy atom. The molecule has 0 saturated heterocycles. The molecule has 0 unspecified atom stereocenters. The van der Waals surface area contributed by atoms with Gasteiger partial charge in [0.15, 0.2) is 0 Å². The molecule has 2 aromatic heterocycles. The van der Waals surface area contributed by atoms with Crippen LogP contribution < -0.4 is 15.0 Å². The maximum absolute atomic E-state index is 13.1. The second-order valence-corrected chi connectivity index (χ2v) is 7.94. The predicted octanol–water partition coefficient (Wildman–Crippen LogP) is 5.87. The molecule has 0 saturated carbocycles. The molecular weight excluding hydrogens is 414 g/mol. The van der Waals surface area contributed by atoms with E-state index in [4.69, 9.17) is 9.47 Å². The van der Waals surface area contributed by atoms with Crippen molar-refractivity contribution in [3.05, 3.63) is 71.2 Å². The first kappa shape index (κ1) is 19.1. The third kappa shape index (κ3) is 3.17. The number of esters is 1. The smallest absolute Gasteiger partial charge is 0.350 e. The van der Waals surface area contributed by atoms with Gasteiger partial charge in [-0.3, -0.25) is 4.90 Å². The molecule has 0 spiro atoms. The van der Waals surface area contributed by atoms with E-state index in [1.807, 2.05) is 55.5 Å². The molecule has 0 fully saturated rings. The van der Waals surface area contributed by atoms with Crippen LogP contribution in [0, 0.1) is 6.92 Å². The molecule has 0 radical (unpaired) electrons. The molecule has 1 N–H and O–H groups in total. The van der Waals surface area contributed by atoms with Crippen molar-refractivity contribution in [3.8, 4) is 11.5 Å². The molecule has 0 atom stereocenters. The lowest BCUT2D eigenvalue weighted by Gasteiger charge is -2.29. The van der Waals surface area contributed by atoms with Crippen LogP contribution in [-0.4, -0.2) is 24.1 Å². The summed E-state index contributed by atoms with van der Waals surface area (Å²) >= 11 is 1.20. The quantitative estimate of drug-likeness (QED) is 0.409. The minimum absolute atomic E-state index is 0.328. The Bertz CT molecular complexity index is 1330. The van der Waals surface area contributed by atoms with Crippen molar-refractivity contribution in [2.24, 2.45) is 0 Å². The zero-order valence-corrected chi connectivity index (χ0v) is 17.5. The number of aryl methyl sites for hydroxylation is 1. The number of methoxy groups -OCH3 is 1. The summed E-state index contributed by atoms with van der Waals surface area (Å²) in [7, 11) is 1.31. The third-order valence-corrected chi connectivity index (χ3v) is 6.08. The van der Waals surface area contributed by atoms with Gasteiger partial charge in [-0.05, 0) is 48.9 Å². The first-order valence-electron chi connectivity index (χ1n) is 9.51. The van der Waals surface area contributed by atoms with Gasteiger partial charge in [-0.15, -0.1) is 11.3 Å². The summed E-state index contributed by atoms with van der Waals surface area (Å²) in [5, 5.41) is 3.56. The normalized spacial score (nSPS) is 12.6.